The van der Waals surface area contributed by atoms with Crippen LogP contribution in [0.15, 0.2) is 93.5 Å². The fraction of sp³-hybridized carbons (Fsp3) is 0.0952. The van der Waals surface area contributed by atoms with Crippen LogP contribution in [0.4, 0.5) is 5.69 Å². The number of para-hydroxylation sites is 1. The van der Waals surface area contributed by atoms with Crippen molar-refractivity contribution in [1.29, 1.82) is 0 Å². The molecule has 0 aromatic heterocycles. The number of carboxylic acids is 1. The molecule has 0 unspecified atom stereocenters. The molecule has 3 aromatic carbocycles. The van der Waals surface area contributed by atoms with E-state index in [1.807, 2.05) is 42.5 Å². The maximum absolute atomic E-state index is 12.8. The highest BCUT2D eigenvalue weighted by molar-refractivity contribution is 7.99. The largest absolute Gasteiger partial charge is 0.481 e. The minimum atomic E-state index is -3.76. The third-order valence-corrected chi connectivity index (χ3v) is 6.43. The smallest absolute Gasteiger partial charge is 0.303 e. The molecule has 0 fully saturated rings. The van der Waals surface area contributed by atoms with E-state index in [1.165, 1.54) is 23.9 Å². The Morgan fingerprint density at radius 2 is 1.54 bits per heavy atom. The molecular weight excluding hydrogens is 394 g/mol. The van der Waals surface area contributed by atoms with E-state index in [0.717, 1.165) is 15.4 Å². The molecular formula is C21H19NO4S2. The standard InChI is InChI=1S/C21H19NO4S2/c23-21(24)15-12-16-10-13-18(14-11-16)28(25,26)22-19-8-4-5-9-20(19)27-17-6-2-1-3-7-17/h1-11,13-14,22H,12,15H2,(H,23,24). The number of nitrogens with one attached hydrogen (secondary N) is 1. The van der Waals surface area contributed by atoms with Gasteiger partial charge in [-0.1, -0.05) is 54.2 Å². The van der Waals surface area contributed by atoms with Crippen molar-refractivity contribution in [2.45, 2.75) is 27.5 Å². The van der Waals surface area contributed by atoms with Crippen LogP contribution >= 0.6 is 11.8 Å². The van der Waals surface area contributed by atoms with Gasteiger partial charge >= 0.3 is 5.97 Å². The molecule has 0 atom stereocenters. The molecule has 0 heterocycles. The van der Waals surface area contributed by atoms with Crippen LogP contribution in [0.25, 0.3) is 0 Å². The number of benzene rings is 3. The highest BCUT2D eigenvalue weighted by Gasteiger charge is 2.16. The fourth-order valence-electron chi connectivity index (χ4n) is 2.55. The molecule has 0 aliphatic heterocycles. The molecule has 3 rings (SSSR count). The SMILES string of the molecule is O=C(O)CCc1ccc(S(=O)(=O)Nc2ccccc2Sc2ccccc2)cc1. The van der Waals surface area contributed by atoms with E-state index in [1.54, 1.807) is 24.3 Å². The Hall–Kier alpha value is -2.77. The lowest BCUT2D eigenvalue weighted by atomic mass is 10.1. The highest BCUT2D eigenvalue weighted by atomic mass is 32.2. The quantitative estimate of drug-likeness (QED) is 0.561. The summed E-state index contributed by atoms with van der Waals surface area (Å²) in [6.07, 6.45) is 0.369. The molecule has 144 valence electrons. The van der Waals surface area contributed by atoms with Crippen molar-refractivity contribution in [3.05, 3.63) is 84.4 Å². The Labute approximate surface area is 168 Å². The summed E-state index contributed by atoms with van der Waals surface area (Å²) in [6, 6.07) is 23.2. The molecule has 28 heavy (non-hydrogen) atoms. The highest BCUT2D eigenvalue weighted by Crippen LogP contribution is 2.34. The van der Waals surface area contributed by atoms with Crippen molar-refractivity contribution >= 4 is 33.4 Å². The average Bonchev–Trinajstić information content (AvgIpc) is 2.69. The van der Waals surface area contributed by atoms with Gasteiger partial charge in [0.15, 0.2) is 0 Å². The second kappa shape index (κ2) is 8.95. The summed E-state index contributed by atoms with van der Waals surface area (Å²) < 4.78 is 28.2. The van der Waals surface area contributed by atoms with Crippen LogP contribution in [0.3, 0.4) is 0 Å². The first-order chi connectivity index (χ1) is 13.4. The number of aliphatic carboxylic acids is 1. The summed E-state index contributed by atoms with van der Waals surface area (Å²) in [5, 5.41) is 8.75. The molecule has 0 saturated carbocycles. The maximum atomic E-state index is 12.8. The molecule has 0 amide bonds. The first-order valence-electron chi connectivity index (χ1n) is 8.59. The number of anilines is 1. The van der Waals surface area contributed by atoms with Gasteiger partial charge in [-0.15, -0.1) is 0 Å². The monoisotopic (exact) mass is 413 g/mol. The number of hydrogen-bond donors (Lipinski definition) is 2. The molecule has 0 aliphatic rings. The Balaban J connectivity index is 1.78. The minimum absolute atomic E-state index is 0.00836. The Kier molecular flexibility index (Phi) is 6.38. The van der Waals surface area contributed by atoms with Gasteiger partial charge in [-0.2, -0.15) is 0 Å². The zero-order valence-electron chi connectivity index (χ0n) is 14.9. The van der Waals surface area contributed by atoms with Gasteiger partial charge in [-0.3, -0.25) is 9.52 Å². The molecule has 7 heteroatoms. The van der Waals surface area contributed by atoms with Crippen LogP contribution < -0.4 is 4.72 Å². The van der Waals surface area contributed by atoms with E-state index in [2.05, 4.69) is 4.72 Å². The van der Waals surface area contributed by atoms with Gasteiger partial charge in [0.2, 0.25) is 0 Å². The van der Waals surface area contributed by atoms with Crippen LogP contribution in [-0.2, 0) is 21.2 Å². The Morgan fingerprint density at radius 1 is 0.893 bits per heavy atom. The normalized spacial score (nSPS) is 11.1. The summed E-state index contributed by atoms with van der Waals surface area (Å²) in [5.41, 5.74) is 1.28. The summed E-state index contributed by atoms with van der Waals surface area (Å²) in [4.78, 5) is 12.6. The molecule has 0 saturated heterocycles. The number of rotatable bonds is 8. The zero-order chi connectivity index (χ0) is 20.0. The number of hydrogen-bond acceptors (Lipinski definition) is 4. The van der Waals surface area contributed by atoms with Gasteiger partial charge in [0.1, 0.15) is 0 Å². The Morgan fingerprint density at radius 3 is 2.21 bits per heavy atom. The van der Waals surface area contributed by atoms with Gasteiger partial charge in [0.05, 0.1) is 10.6 Å². The van der Waals surface area contributed by atoms with Gasteiger partial charge in [-0.05, 0) is 48.4 Å². The number of carbonyl (C=O) groups is 1. The molecule has 0 spiro atoms. The zero-order valence-corrected chi connectivity index (χ0v) is 16.5. The van der Waals surface area contributed by atoms with Crippen molar-refractivity contribution < 1.29 is 18.3 Å². The second-order valence-electron chi connectivity index (χ2n) is 6.05. The first kappa shape index (κ1) is 20.0. The summed E-state index contributed by atoms with van der Waals surface area (Å²) >= 11 is 1.48. The van der Waals surface area contributed by atoms with E-state index in [0.29, 0.717) is 12.1 Å². The molecule has 0 aliphatic carbocycles. The number of aryl methyl sites for hydroxylation is 1. The summed E-state index contributed by atoms with van der Waals surface area (Å²) in [7, 11) is -3.76. The average molecular weight is 414 g/mol. The van der Waals surface area contributed by atoms with Crippen molar-refractivity contribution in [2.75, 3.05) is 4.72 Å². The van der Waals surface area contributed by atoms with E-state index in [9.17, 15) is 13.2 Å². The van der Waals surface area contributed by atoms with E-state index in [-0.39, 0.29) is 11.3 Å². The third kappa shape index (κ3) is 5.37. The molecule has 0 radical (unpaired) electrons. The lowest BCUT2D eigenvalue weighted by molar-refractivity contribution is -0.136. The fourth-order valence-corrected chi connectivity index (χ4v) is 4.61. The number of carboxylic acid groups (broad SMARTS) is 1. The van der Waals surface area contributed by atoms with Gasteiger partial charge in [0.25, 0.3) is 10.0 Å². The van der Waals surface area contributed by atoms with Crippen molar-refractivity contribution in [1.82, 2.24) is 0 Å². The van der Waals surface area contributed by atoms with Gasteiger partial charge < -0.3 is 5.11 Å². The van der Waals surface area contributed by atoms with Gasteiger partial charge in [-0.25, -0.2) is 8.42 Å². The first-order valence-corrected chi connectivity index (χ1v) is 10.9. The number of sulfonamides is 1. The van der Waals surface area contributed by atoms with Crippen LogP contribution in [0, 0.1) is 0 Å². The van der Waals surface area contributed by atoms with Crippen LogP contribution in [0.2, 0.25) is 0 Å². The Bertz CT molecular complexity index is 1050. The van der Waals surface area contributed by atoms with E-state index in [4.69, 9.17) is 5.11 Å². The molecule has 5 nitrogen and oxygen atoms in total. The third-order valence-electron chi connectivity index (χ3n) is 3.96. The summed E-state index contributed by atoms with van der Waals surface area (Å²) in [6.45, 7) is 0. The van der Waals surface area contributed by atoms with E-state index < -0.39 is 16.0 Å². The predicted molar refractivity (Wildman–Crippen MR) is 110 cm³/mol. The maximum Gasteiger partial charge on any atom is 0.303 e. The van der Waals surface area contributed by atoms with Crippen molar-refractivity contribution in [3.8, 4) is 0 Å². The predicted octanol–water partition coefficient (Wildman–Crippen LogP) is 4.66. The van der Waals surface area contributed by atoms with E-state index >= 15 is 0 Å². The lowest BCUT2D eigenvalue weighted by Gasteiger charge is -2.12. The molecule has 0 bridgehead atoms. The summed E-state index contributed by atoms with van der Waals surface area (Å²) in [5.74, 6) is -0.883. The van der Waals surface area contributed by atoms with Gasteiger partial charge in [0, 0.05) is 16.2 Å². The second-order valence-corrected chi connectivity index (χ2v) is 8.85. The van der Waals surface area contributed by atoms with Crippen LogP contribution in [-0.4, -0.2) is 19.5 Å². The minimum Gasteiger partial charge on any atom is -0.481 e. The van der Waals surface area contributed by atoms with Crippen molar-refractivity contribution in [2.24, 2.45) is 0 Å². The van der Waals surface area contributed by atoms with Crippen LogP contribution in [0.1, 0.15) is 12.0 Å². The lowest BCUT2D eigenvalue weighted by Crippen LogP contribution is -2.13. The topological polar surface area (TPSA) is 83.5 Å². The van der Waals surface area contributed by atoms with Crippen LogP contribution in [0.5, 0.6) is 0 Å². The molecule has 3 aromatic rings. The molecule has 2 N–H and O–H groups in total. The van der Waals surface area contributed by atoms with Crippen molar-refractivity contribution in [3.63, 3.8) is 0 Å².